The first-order valence-corrected chi connectivity index (χ1v) is 11.4. The summed E-state index contributed by atoms with van der Waals surface area (Å²) < 4.78 is 2.02. The van der Waals surface area contributed by atoms with Gasteiger partial charge >= 0.3 is 0 Å². The number of anilines is 1. The SMILES string of the molecule is CC1(C)CCc2c(Cc3cccc(S)c3)nn(-c3ccc(C(N)=O)c(NCCO)c3)c2C1. The molecule has 0 saturated heterocycles. The maximum Gasteiger partial charge on any atom is 0.250 e. The van der Waals surface area contributed by atoms with Crippen molar-refractivity contribution in [3.8, 4) is 5.69 Å². The van der Waals surface area contributed by atoms with Gasteiger partial charge in [0, 0.05) is 29.2 Å². The first kappa shape index (κ1) is 22.4. The standard InChI is InChI=1S/C25H30N4O2S/c1-25(2)9-8-19-22(13-16-4-3-5-18(32)12-16)28-29(23(19)15-25)17-6-7-20(24(26)31)21(14-17)27-10-11-30/h3-7,12,14,27,30,32H,8-11,13,15H2,1-2H3,(H2,26,31). The van der Waals surface area contributed by atoms with Crippen molar-refractivity contribution in [1.82, 2.24) is 9.78 Å². The van der Waals surface area contributed by atoms with Crippen molar-refractivity contribution in [1.29, 1.82) is 0 Å². The molecule has 1 amide bonds. The normalized spacial score (nSPS) is 14.8. The molecule has 1 aromatic heterocycles. The van der Waals surface area contributed by atoms with E-state index in [1.807, 2.05) is 28.9 Å². The van der Waals surface area contributed by atoms with Gasteiger partial charge in [0.2, 0.25) is 0 Å². The number of nitrogens with zero attached hydrogens (tertiary/aromatic N) is 2. The van der Waals surface area contributed by atoms with Crippen molar-refractivity contribution in [3.63, 3.8) is 0 Å². The number of primary amides is 1. The molecule has 7 heteroatoms. The molecule has 0 aliphatic heterocycles. The zero-order valence-corrected chi connectivity index (χ0v) is 19.5. The molecule has 168 valence electrons. The average Bonchev–Trinajstić information content (AvgIpc) is 3.08. The van der Waals surface area contributed by atoms with Crippen LogP contribution < -0.4 is 11.1 Å². The van der Waals surface area contributed by atoms with Crippen LogP contribution in [0.15, 0.2) is 47.4 Å². The first-order valence-electron chi connectivity index (χ1n) is 10.9. The van der Waals surface area contributed by atoms with Gasteiger partial charge in [0.1, 0.15) is 0 Å². The molecule has 0 radical (unpaired) electrons. The van der Waals surface area contributed by atoms with E-state index in [0.717, 1.165) is 42.0 Å². The fourth-order valence-corrected chi connectivity index (χ4v) is 4.69. The van der Waals surface area contributed by atoms with Gasteiger partial charge in [0.25, 0.3) is 5.91 Å². The Balaban J connectivity index is 1.80. The number of aliphatic hydroxyl groups excluding tert-OH is 1. The number of thiol groups is 1. The zero-order valence-electron chi connectivity index (χ0n) is 18.6. The highest BCUT2D eigenvalue weighted by Crippen LogP contribution is 2.38. The van der Waals surface area contributed by atoms with Crippen LogP contribution in [0.1, 0.15) is 53.1 Å². The highest BCUT2D eigenvalue weighted by atomic mass is 32.1. The molecule has 3 aromatic rings. The molecule has 2 aromatic carbocycles. The maximum atomic E-state index is 11.9. The predicted octanol–water partition coefficient (Wildman–Crippen LogP) is 3.77. The zero-order chi connectivity index (χ0) is 22.9. The summed E-state index contributed by atoms with van der Waals surface area (Å²) in [6, 6.07) is 13.7. The molecular weight excluding hydrogens is 420 g/mol. The van der Waals surface area contributed by atoms with Gasteiger partial charge < -0.3 is 16.2 Å². The second-order valence-corrected chi connectivity index (χ2v) is 9.73. The Morgan fingerprint density at radius 3 is 2.81 bits per heavy atom. The summed E-state index contributed by atoms with van der Waals surface area (Å²) in [7, 11) is 0. The number of nitrogens with one attached hydrogen (secondary N) is 1. The Morgan fingerprint density at radius 1 is 1.28 bits per heavy atom. The highest BCUT2D eigenvalue weighted by molar-refractivity contribution is 7.80. The molecule has 0 unspecified atom stereocenters. The number of aliphatic hydroxyl groups is 1. The molecule has 6 nitrogen and oxygen atoms in total. The third-order valence-corrected chi connectivity index (χ3v) is 6.37. The number of carbonyl (C=O) groups excluding carboxylic acids is 1. The second-order valence-electron chi connectivity index (χ2n) is 9.22. The fourth-order valence-electron chi connectivity index (χ4n) is 4.44. The summed E-state index contributed by atoms with van der Waals surface area (Å²) in [5.74, 6) is -0.507. The van der Waals surface area contributed by atoms with Crippen molar-refractivity contribution >= 4 is 24.2 Å². The number of hydrogen-bond acceptors (Lipinski definition) is 5. The van der Waals surface area contributed by atoms with Crippen LogP contribution in [0.5, 0.6) is 0 Å². The fraction of sp³-hybridized carbons (Fsp3) is 0.360. The number of carbonyl (C=O) groups is 1. The van der Waals surface area contributed by atoms with Gasteiger partial charge in [-0.15, -0.1) is 12.6 Å². The number of benzene rings is 2. The molecule has 0 atom stereocenters. The summed E-state index contributed by atoms with van der Waals surface area (Å²) in [6.07, 6.45) is 3.79. The minimum atomic E-state index is -0.507. The summed E-state index contributed by atoms with van der Waals surface area (Å²) in [5.41, 5.74) is 12.4. The number of fused-ring (bicyclic) bond motifs is 1. The quantitative estimate of drug-likeness (QED) is 0.412. The van der Waals surface area contributed by atoms with Crippen LogP contribution in [0.3, 0.4) is 0 Å². The van der Waals surface area contributed by atoms with Gasteiger partial charge in [-0.2, -0.15) is 5.10 Å². The van der Waals surface area contributed by atoms with Crippen LogP contribution in [0.25, 0.3) is 5.69 Å². The number of aromatic nitrogens is 2. The largest absolute Gasteiger partial charge is 0.395 e. The summed E-state index contributed by atoms with van der Waals surface area (Å²) >= 11 is 4.48. The Bertz CT molecular complexity index is 1150. The lowest BCUT2D eigenvalue weighted by Crippen LogP contribution is -2.24. The lowest BCUT2D eigenvalue weighted by Gasteiger charge is -2.30. The number of rotatable bonds is 7. The van der Waals surface area contributed by atoms with Crippen LogP contribution in [0.4, 0.5) is 5.69 Å². The third kappa shape index (κ3) is 4.69. The Labute approximate surface area is 194 Å². The number of nitrogens with two attached hydrogens (primary N) is 1. The highest BCUT2D eigenvalue weighted by Gasteiger charge is 2.31. The van der Waals surface area contributed by atoms with E-state index in [1.54, 1.807) is 6.07 Å². The second kappa shape index (κ2) is 9.00. The van der Waals surface area contributed by atoms with E-state index >= 15 is 0 Å². The molecule has 0 spiro atoms. The summed E-state index contributed by atoms with van der Waals surface area (Å²) in [6.45, 7) is 4.88. The topological polar surface area (TPSA) is 93.2 Å². The molecular formula is C25H30N4O2S. The molecule has 32 heavy (non-hydrogen) atoms. The Kier molecular flexibility index (Phi) is 6.31. The third-order valence-electron chi connectivity index (χ3n) is 6.09. The first-order chi connectivity index (χ1) is 15.3. The molecule has 4 rings (SSSR count). The molecule has 1 aliphatic rings. The van der Waals surface area contributed by atoms with Gasteiger partial charge in [0.05, 0.1) is 23.6 Å². The molecule has 0 fully saturated rings. The van der Waals surface area contributed by atoms with Gasteiger partial charge in [-0.1, -0.05) is 26.0 Å². The lowest BCUT2D eigenvalue weighted by atomic mass is 9.76. The smallest absolute Gasteiger partial charge is 0.250 e. The van der Waals surface area contributed by atoms with E-state index in [-0.39, 0.29) is 12.0 Å². The van der Waals surface area contributed by atoms with E-state index in [9.17, 15) is 9.90 Å². The minimum absolute atomic E-state index is 0.0395. The van der Waals surface area contributed by atoms with Crippen LogP contribution in [-0.4, -0.2) is 33.9 Å². The van der Waals surface area contributed by atoms with Crippen LogP contribution >= 0.6 is 12.6 Å². The van der Waals surface area contributed by atoms with Crippen molar-refractivity contribution in [2.45, 2.75) is 44.4 Å². The van der Waals surface area contributed by atoms with Crippen LogP contribution in [-0.2, 0) is 19.3 Å². The van der Waals surface area contributed by atoms with Crippen LogP contribution in [0, 0.1) is 5.41 Å². The monoisotopic (exact) mass is 450 g/mol. The lowest BCUT2D eigenvalue weighted by molar-refractivity contribution is 0.100. The van der Waals surface area contributed by atoms with Crippen molar-refractivity contribution < 1.29 is 9.90 Å². The molecule has 0 bridgehead atoms. The van der Waals surface area contributed by atoms with Gasteiger partial charge in [0.15, 0.2) is 0 Å². The van der Waals surface area contributed by atoms with E-state index in [2.05, 4.69) is 43.9 Å². The van der Waals surface area contributed by atoms with Gasteiger partial charge in [-0.05, 0) is 66.1 Å². The molecule has 1 aliphatic carbocycles. The van der Waals surface area contributed by atoms with Crippen molar-refractivity contribution in [3.05, 3.63) is 70.5 Å². The Morgan fingerprint density at radius 2 is 2.09 bits per heavy atom. The van der Waals surface area contributed by atoms with E-state index in [4.69, 9.17) is 10.8 Å². The maximum absolute atomic E-state index is 11.9. The van der Waals surface area contributed by atoms with Gasteiger partial charge in [-0.25, -0.2) is 4.68 Å². The summed E-state index contributed by atoms with van der Waals surface area (Å²) in [4.78, 5) is 12.8. The van der Waals surface area contributed by atoms with Crippen molar-refractivity contribution in [2.24, 2.45) is 11.1 Å². The van der Waals surface area contributed by atoms with E-state index in [1.165, 1.54) is 16.8 Å². The van der Waals surface area contributed by atoms with Gasteiger partial charge in [-0.3, -0.25) is 4.79 Å². The average molecular weight is 451 g/mol. The molecule has 4 N–H and O–H groups in total. The number of amides is 1. The predicted molar refractivity (Wildman–Crippen MR) is 130 cm³/mol. The molecule has 1 heterocycles. The minimum Gasteiger partial charge on any atom is -0.395 e. The Hall–Kier alpha value is -2.77. The summed E-state index contributed by atoms with van der Waals surface area (Å²) in [5, 5.41) is 17.4. The van der Waals surface area contributed by atoms with E-state index in [0.29, 0.717) is 17.8 Å². The molecule has 0 saturated carbocycles. The van der Waals surface area contributed by atoms with Crippen molar-refractivity contribution in [2.75, 3.05) is 18.5 Å². The van der Waals surface area contributed by atoms with E-state index < -0.39 is 5.91 Å². The number of hydrogen-bond donors (Lipinski definition) is 4. The van der Waals surface area contributed by atoms with Crippen LogP contribution in [0.2, 0.25) is 0 Å².